The number of ether oxygens (including phenoxy) is 1. The lowest BCUT2D eigenvalue weighted by Gasteiger charge is -2.08. The molecular formula is C13H12BrClN2O3S. The minimum atomic E-state index is -0.428. The van der Waals surface area contributed by atoms with E-state index in [1.807, 2.05) is 13.0 Å². The SMILES string of the molecule is CCOc1ccc(NCc2cc(Br)c(Cl)s2)c([N+](=O)[O-])c1. The molecule has 0 unspecified atom stereocenters. The molecule has 0 atom stereocenters. The summed E-state index contributed by atoms with van der Waals surface area (Å²) in [6, 6.07) is 6.66. The van der Waals surface area contributed by atoms with Crippen LogP contribution in [0.5, 0.6) is 5.75 Å². The molecule has 0 aliphatic carbocycles. The zero-order chi connectivity index (χ0) is 15.4. The Morgan fingerprint density at radius 1 is 1.48 bits per heavy atom. The first-order chi connectivity index (χ1) is 10.0. The molecule has 0 fully saturated rings. The van der Waals surface area contributed by atoms with Crippen LogP contribution in [0.15, 0.2) is 28.7 Å². The largest absolute Gasteiger partial charge is 0.494 e. The Morgan fingerprint density at radius 2 is 2.24 bits per heavy atom. The number of halogens is 2. The van der Waals surface area contributed by atoms with Crippen molar-refractivity contribution in [2.24, 2.45) is 0 Å². The van der Waals surface area contributed by atoms with Gasteiger partial charge in [-0.3, -0.25) is 10.1 Å². The lowest BCUT2D eigenvalue weighted by Crippen LogP contribution is -2.02. The molecule has 0 bridgehead atoms. The van der Waals surface area contributed by atoms with Crippen LogP contribution in [0.25, 0.3) is 0 Å². The van der Waals surface area contributed by atoms with Crippen molar-refractivity contribution >= 4 is 50.2 Å². The first kappa shape index (κ1) is 16.1. The van der Waals surface area contributed by atoms with Gasteiger partial charge < -0.3 is 10.1 Å². The Hall–Kier alpha value is -1.31. The number of hydrogen-bond acceptors (Lipinski definition) is 5. The zero-order valence-electron chi connectivity index (χ0n) is 11.1. The average molecular weight is 392 g/mol. The molecule has 1 aromatic heterocycles. The molecule has 112 valence electrons. The van der Waals surface area contributed by atoms with Crippen molar-refractivity contribution in [2.75, 3.05) is 11.9 Å². The number of rotatable bonds is 6. The minimum Gasteiger partial charge on any atom is -0.494 e. The monoisotopic (exact) mass is 390 g/mol. The molecule has 0 amide bonds. The third-order valence-corrected chi connectivity index (χ3v) is 5.10. The van der Waals surface area contributed by atoms with Crippen molar-refractivity contribution in [1.29, 1.82) is 0 Å². The Labute approximate surface area is 139 Å². The van der Waals surface area contributed by atoms with Crippen LogP contribution in [-0.2, 0) is 6.54 Å². The Kier molecular flexibility index (Phi) is 5.44. The second-order valence-corrected chi connectivity index (χ2v) is 6.65. The van der Waals surface area contributed by atoms with Crippen LogP contribution in [-0.4, -0.2) is 11.5 Å². The number of nitrogens with one attached hydrogen (secondary N) is 1. The van der Waals surface area contributed by atoms with Gasteiger partial charge in [-0.1, -0.05) is 11.6 Å². The van der Waals surface area contributed by atoms with Crippen LogP contribution in [0.1, 0.15) is 11.8 Å². The molecule has 0 aliphatic rings. The van der Waals surface area contributed by atoms with Crippen LogP contribution in [0.3, 0.4) is 0 Å². The van der Waals surface area contributed by atoms with Crippen molar-refractivity contribution in [3.63, 3.8) is 0 Å². The summed E-state index contributed by atoms with van der Waals surface area (Å²) in [6.07, 6.45) is 0. The number of nitro benzene ring substituents is 1. The van der Waals surface area contributed by atoms with Gasteiger partial charge in [-0.15, -0.1) is 11.3 Å². The van der Waals surface area contributed by atoms with Gasteiger partial charge in [-0.25, -0.2) is 0 Å². The van der Waals surface area contributed by atoms with Gasteiger partial charge in [-0.05, 0) is 41.1 Å². The van der Waals surface area contributed by atoms with Crippen LogP contribution >= 0.6 is 38.9 Å². The van der Waals surface area contributed by atoms with E-state index in [0.717, 1.165) is 9.35 Å². The van der Waals surface area contributed by atoms with Crippen LogP contribution in [0, 0.1) is 10.1 Å². The molecule has 21 heavy (non-hydrogen) atoms. The summed E-state index contributed by atoms with van der Waals surface area (Å²) in [4.78, 5) is 11.7. The third kappa shape index (κ3) is 4.09. The standard InChI is InChI=1S/C13H12BrClN2O3S/c1-2-20-8-3-4-11(12(5-8)17(18)19)16-7-9-6-10(14)13(15)21-9/h3-6,16H,2,7H2,1H3. The van der Waals surface area contributed by atoms with Gasteiger partial charge in [0.05, 0.1) is 17.6 Å². The number of nitro groups is 1. The smallest absolute Gasteiger partial charge is 0.296 e. The van der Waals surface area contributed by atoms with E-state index in [2.05, 4.69) is 21.2 Å². The molecule has 5 nitrogen and oxygen atoms in total. The van der Waals surface area contributed by atoms with E-state index in [0.29, 0.717) is 28.9 Å². The highest BCUT2D eigenvalue weighted by molar-refractivity contribution is 9.10. The summed E-state index contributed by atoms with van der Waals surface area (Å²) in [6.45, 7) is 2.76. The Morgan fingerprint density at radius 3 is 2.81 bits per heavy atom. The van der Waals surface area contributed by atoms with Gasteiger partial charge >= 0.3 is 0 Å². The van der Waals surface area contributed by atoms with Crippen LogP contribution in [0.2, 0.25) is 4.34 Å². The highest BCUT2D eigenvalue weighted by Crippen LogP contribution is 2.34. The van der Waals surface area contributed by atoms with E-state index < -0.39 is 4.92 Å². The minimum absolute atomic E-state index is 0.0114. The lowest BCUT2D eigenvalue weighted by atomic mass is 10.2. The molecule has 2 aromatic rings. The molecule has 0 saturated carbocycles. The number of hydrogen-bond donors (Lipinski definition) is 1. The van der Waals surface area contributed by atoms with Crippen molar-refractivity contribution in [3.05, 3.63) is 48.1 Å². The van der Waals surface area contributed by atoms with E-state index >= 15 is 0 Å². The van der Waals surface area contributed by atoms with Gasteiger partial charge in [0.15, 0.2) is 0 Å². The molecule has 0 saturated heterocycles. The van der Waals surface area contributed by atoms with E-state index in [-0.39, 0.29) is 5.69 Å². The maximum absolute atomic E-state index is 11.1. The van der Waals surface area contributed by atoms with Crippen molar-refractivity contribution in [1.82, 2.24) is 0 Å². The topological polar surface area (TPSA) is 64.4 Å². The molecule has 1 N–H and O–H groups in total. The van der Waals surface area contributed by atoms with Crippen LogP contribution in [0.4, 0.5) is 11.4 Å². The molecule has 1 heterocycles. The second-order valence-electron chi connectivity index (χ2n) is 4.06. The second kappa shape index (κ2) is 7.11. The van der Waals surface area contributed by atoms with Gasteiger partial charge in [0.1, 0.15) is 15.8 Å². The van der Waals surface area contributed by atoms with Crippen molar-refractivity contribution < 1.29 is 9.66 Å². The van der Waals surface area contributed by atoms with Gasteiger partial charge in [-0.2, -0.15) is 0 Å². The van der Waals surface area contributed by atoms with E-state index in [9.17, 15) is 10.1 Å². The molecule has 8 heteroatoms. The average Bonchev–Trinajstić information content (AvgIpc) is 2.76. The maximum Gasteiger partial charge on any atom is 0.296 e. The summed E-state index contributed by atoms with van der Waals surface area (Å²) in [5, 5.41) is 14.2. The summed E-state index contributed by atoms with van der Waals surface area (Å²) in [7, 11) is 0. The highest BCUT2D eigenvalue weighted by atomic mass is 79.9. The molecular weight excluding hydrogens is 380 g/mol. The summed E-state index contributed by atoms with van der Waals surface area (Å²) >= 11 is 10.7. The first-order valence-corrected chi connectivity index (χ1v) is 8.08. The molecule has 0 aliphatic heterocycles. The molecule has 0 spiro atoms. The number of anilines is 1. The predicted molar refractivity (Wildman–Crippen MR) is 88.6 cm³/mol. The Balaban J connectivity index is 2.16. The third-order valence-electron chi connectivity index (χ3n) is 2.63. The summed E-state index contributed by atoms with van der Waals surface area (Å²) in [5.74, 6) is 0.483. The van der Waals surface area contributed by atoms with Gasteiger partial charge in [0.2, 0.25) is 0 Å². The summed E-state index contributed by atoms with van der Waals surface area (Å²) in [5.41, 5.74) is 0.437. The number of benzene rings is 1. The van der Waals surface area contributed by atoms with Crippen molar-refractivity contribution in [3.8, 4) is 5.75 Å². The normalized spacial score (nSPS) is 10.4. The Bertz CT molecular complexity index is 643. The quantitative estimate of drug-likeness (QED) is 0.550. The highest BCUT2D eigenvalue weighted by Gasteiger charge is 2.15. The van der Waals surface area contributed by atoms with Crippen molar-refractivity contribution in [2.45, 2.75) is 13.5 Å². The van der Waals surface area contributed by atoms with E-state index in [4.69, 9.17) is 16.3 Å². The molecule has 1 aromatic carbocycles. The van der Waals surface area contributed by atoms with E-state index in [1.54, 1.807) is 12.1 Å². The van der Waals surface area contributed by atoms with Gasteiger partial charge in [0, 0.05) is 15.9 Å². The molecule has 2 rings (SSSR count). The fraction of sp³-hybridized carbons (Fsp3) is 0.231. The first-order valence-electron chi connectivity index (χ1n) is 6.10. The van der Waals surface area contributed by atoms with Crippen LogP contribution < -0.4 is 10.1 Å². The number of nitrogens with zero attached hydrogens (tertiary/aromatic N) is 1. The zero-order valence-corrected chi connectivity index (χ0v) is 14.2. The molecule has 0 radical (unpaired) electrons. The maximum atomic E-state index is 11.1. The fourth-order valence-corrected chi connectivity index (χ4v) is 3.46. The summed E-state index contributed by atoms with van der Waals surface area (Å²) < 4.78 is 6.77. The number of thiophene rings is 1. The van der Waals surface area contributed by atoms with E-state index in [1.165, 1.54) is 17.4 Å². The predicted octanol–water partition coefficient (Wildman–Crippen LogP) is 5.08. The lowest BCUT2D eigenvalue weighted by molar-refractivity contribution is -0.384. The fourth-order valence-electron chi connectivity index (χ4n) is 1.73. The van der Waals surface area contributed by atoms with Gasteiger partial charge in [0.25, 0.3) is 5.69 Å².